The monoisotopic (exact) mass is 430 g/mol. The van der Waals surface area contributed by atoms with Gasteiger partial charge in [0.2, 0.25) is 0 Å². The molecule has 0 aliphatic heterocycles. The van der Waals surface area contributed by atoms with Gasteiger partial charge in [0.15, 0.2) is 5.82 Å². The van der Waals surface area contributed by atoms with E-state index < -0.39 is 0 Å². The topological polar surface area (TPSA) is 25.8 Å². The zero-order chi connectivity index (χ0) is 23.1. The van der Waals surface area contributed by atoms with E-state index in [-0.39, 0.29) is 5.92 Å². The second-order valence-electron chi connectivity index (χ2n) is 9.40. The van der Waals surface area contributed by atoms with E-state index in [4.69, 9.17) is 0 Å². The number of benzene rings is 3. The summed E-state index contributed by atoms with van der Waals surface area (Å²) in [7, 11) is 0. The van der Waals surface area contributed by atoms with Crippen molar-refractivity contribution in [2.45, 2.75) is 46.5 Å². The molecule has 0 saturated carbocycles. The Kier molecular flexibility index (Phi) is 5.46. The molecule has 1 aliphatic rings. The van der Waals surface area contributed by atoms with E-state index in [9.17, 15) is 0 Å². The van der Waals surface area contributed by atoms with Crippen molar-refractivity contribution in [1.82, 2.24) is 9.97 Å². The maximum Gasteiger partial charge on any atom is 0.159 e. The number of fused-ring (bicyclic) bond motifs is 1. The number of aryl methyl sites for hydroxylation is 2. The lowest BCUT2D eigenvalue weighted by atomic mass is 9.77. The Labute approximate surface area is 197 Å². The molecule has 164 valence electrons. The van der Waals surface area contributed by atoms with Gasteiger partial charge in [-0.15, -0.1) is 0 Å². The minimum absolute atomic E-state index is 0.213. The molecule has 2 nitrogen and oxygen atoms in total. The van der Waals surface area contributed by atoms with E-state index in [2.05, 4.69) is 105 Å². The summed E-state index contributed by atoms with van der Waals surface area (Å²) >= 11 is 0. The molecule has 1 aliphatic carbocycles. The van der Waals surface area contributed by atoms with Crippen LogP contribution in [0, 0.1) is 13.8 Å². The third-order valence-corrected chi connectivity index (χ3v) is 6.96. The second kappa shape index (κ2) is 8.44. The van der Waals surface area contributed by atoms with Crippen molar-refractivity contribution >= 4 is 11.1 Å². The maximum atomic E-state index is 4.52. The van der Waals surface area contributed by atoms with Crippen LogP contribution in [0.1, 0.15) is 71.6 Å². The number of allylic oxidation sites excluding steroid dienone is 2. The fourth-order valence-electron chi connectivity index (χ4n) is 5.41. The summed E-state index contributed by atoms with van der Waals surface area (Å²) in [5.74, 6) is 1.38. The lowest BCUT2D eigenvalue weighted by Crippen LogP contribution is -2.10. The van der Waals surface area contributed by atoms with E-state index >= 15 is 0 Å². The predicted octanol–water partition coefficient (Wildman–Crippen LogP) is 7.96. The van der Waals surface area contributed by atoms with Gasteiger partial charge in [0.25, 0.3) is 0 Å². The van der Waals surface area contributed by atoms with Crippen LogP contribution in [0.2, 0.25) is 0 Å². The Bertz CT molecular complexity index is 1360. The van der Waals surface area contributed by atoms with Crippen molar-refractivity contribution in [2.24, 2.45) is 0 Å². The van der Waals surface area contributed by atoms with E-state index in [0.29, 0.717) is 5.92 Å². The van der Waals surface area contributed by atoms with Crippen LogP contribution in [0.15, 0.2) is 79.1 Å². The molecule has 1 heterocycles. The van der Waals surface area contributed by atoms with Gasteiger partial charge in [0.1, 0.15) is 0 Å². The molecule has 0 spiro atoms. The van der Waals surface area contributed by atoms with Gasteiger partial charge in [0, 0.05) is 23.9 Å². The Hall–Kier alpha value is -3.52. The third-order valence-electron chi connectivity index (χ3n) is 6.96. The van der Waals surface area contributed by atoms with Gasteiger partial charge >= 0.3 is 0 Å². The maximum absolute atomic E-state index is 4.52. The fraction of sp³-hybridized carbons (Fsp3) is 0.226. The molecule has 0 bridgehead atoms. The largest absolute Gasteiger partial charge is 0.237 e. The highest BCUT2D eigenvalue weighted by atomic mass is 14.8. The van der Waals surface area contributed by atoms with Gasteiger partial charge in [-0.05, 0) is 95.0 Å². The molecule has 1 aromatic heterocycles. The first-order valence-electron chi connectivity index (χ1n) is 11.7. The molecule has 0 amide bonds. The molecule has 1 unspecified atom stereocenters. The highest BCUT2D eigenvalue weighted by Gasteiger charge is 2.34. The van der Waals surface area contributed by atoms with Crippen molar-refractivity contribution in [2.75, 3.05) is 0 Å². The Balaban J connectivity index is 1.79. The summed E-state index contributed by atoms with van der Waals surface area (Å²) in [4.78, 5) is 9.04. The molecule has 0 saturated heterocycles. The lowest BCUT2D eigenvalue weighted by Gasteiger charge is -2.26. The normalized spacial score (nSPS) is 15.3. The Morgan fingerprint density at radius 2 is 1.39 bits per heavy atom. The molecule has 33 heavy (non-hydrogen) atoms. The second-order valence-corrected chi connectivity index (χ2v) is 9.40. The van der Waals surface area contributed by atoms with Crippen LogP contribution in [-0.4, -0.2) is 9.97 Å². The summed E-state index contributed by atoms with van der Waals surface area (Å²) in [5, 5.41) is 0. The van der Waals surface area contributed by atoms with Crippen LogP contribution < -0.4 is 0 Å². The summed E-state index contributed by atoms with van der Waals surface area (Å²) in [6.45, 7) is 11.3. The third kappa shape index (κ3) is 3.60. The molecule has 0 radical (unpaired) electrons. The van der Waals surface area contributed by atoms with Crippen LogP contribution in [0.4, 0.5) is 0 Å². The number of rotatable bonds is 4. The van der Waals surface area contributed by atoms with Crippen molar-refractivity contribution in [3.8, 4) is 11.4 Å². The molecule has 4 aromatic rings. The molecule has 0 N–H and O–H groups in total. The zero-order valence-electron chi connectivity index (χ0n) is 20.1. The minimum Gasteiger partial charge on any atom is -0.237 e. The summed E-state index contributed by atoms with van der Waals surface area (Å²) in [6, 6.07) is 24.2. The number of hydrogen-bond acceptors (Lipinski definition) is 2. The summed E-state index contributed by atoms with van der Waals surface area (Å²) in [6.07, 6.45) is 3.63. The quantitative estimate of drug-likeness (QED) is 0.328. The van der Waals surface area contributed by atoms with E-state index in [1.165, 1.54) is 50.1 Å². The van der Waals surface area contributed by atoms with Crippen molar-refractivity contribution in [1.29, 1.82) is 0 Å². The zero-order valence-corrected chi connectivity index (χ0v) is 20.1. The highest BCUT2D eigenvalue weighted by molar-refractivity contribution is 6.01. The molecule has 5 rings (SSSR count). The standard InChI is InChI=1S/C31H30N2/c1-19(2)27-18-23(31-32-15-10-16-33-31)17-21(4)28(27)30-26-14-9-8-13-25(26)22(5)29(30)24-12-7-6-11-20(24)3/h6-19,30H,1-5H3. The number of nitrogens with zero attached hydrogens (tertiary/aromatic N) is 2. The van der Waals surface area contributed by atoms with Crippen molar-refractivity contribution in [3.05, 3.63) is 118 Å². The van der Waals surface area contributed by atoms with Gasteiger partial charge in [-0.2, -0.15) is 0 Å². The van der Waals surface area contributed by atoms with Crippen molar-refractivity contribution < 1.29 is 0 Å². The van der Waals surface area contributed by atoms with Crippen LogP contribution in [0.3, 0.4) is 0 Å². The number of hydrogen-bond donors (Lipinski definition) is 0. The average molecular weight is 431 g/mol. The summed E-state index contributed by atoms with van der Waals surface area (Å²) in [5.41, 5.74) is 13.4. The van der Waals surface area contributed by atoms with Crippen LogP contribution in [0.25, 0.3) is 22.5 Å². The van der Waals surface area contributed by atoms with Gasteiger partial charge in [-0.1, -0.05) is 62.4 Å². The highest BCUT2D eigenvalue weighted by Crippen LogP contribution is 2.53. The summed E-state index contributed by atoms with van der Waals surface area (Å²) < 4.78 is 0. The molecule has 3 aromatic carbocycles. The Morgan fingerprint density at radius 3 is 2.09 bits per heavy atom. The van der Waals surface area contributed by atoms with Gasteiger partial charge in [-0.3, -0.25) is 0 Å². The molecule has 0 fully saturated rings. The fourth-order valence-corrected chi connectivity index (χ4v) is 5.41. The molecular weight excluding hydrogens is 400 g/mol. The van der Waals surface area contributed by atoms with E-state index in [0.717, 1.165) is 11.4 Å². The van der Waals surface area contributed by atoms with E-state index in [1.54, 1.807) is 0 Å². The lowest BCUT2D eigenvalue weighted by molar-refractivity contribution is 0.833. The smallest absolute Gasteiger partial charge is 0.159 e. The number of aromatic nitrogens is 2. The van der Waals surface area contributed by atoms with Crippen LogP contribution >= 0.6 is 0 Å². The van der Waals surface area contributed by atoms with Gasteiger partial charge in [-0.25, -0.2) is 9.97 Å². The van der Waals surface area contributed by atoms with Gasteiger partial charge < -0.3 is 0 Å². The molecular formula is C31H30N2. The molecule has 2 heteroatoms. The first-order chi connectivity index (χ1) is 16.0. The average Bonchev–Trinajstić information content (AvgIpc) is 3.11. The van der Waals surface area contributed by atoms with Crippen molar-refractivity contribution in [3.63, 3.8) is 0 Å². The van der Waals surface area contributed by atoms with Gasteiger partial charge in [0.05, 0.1) is 0 Å². The Morgan fingerprint density at radius 1 is 0.727 bits per heavy atom. The first-order valence-corrected chi connectivity index (χ1v) is 11.7. The molecule has 1 atom stereocenters. The van der Waals surface area contributed by atoms with Crippen LogP contribution in [-0.2, 0) is 0 Å². The minimum atomic E-state index is 0.213. The first kappa shape index (κ1) is 21.3. The van der Waals surface area contributed by atoms with E-state index in [1.807, 2.05) is 18.5 Å². The predicted molar refractivity (Wildman–Crippen MR) is 138 cm³/mol. The SMILES string of the molecule is CC1=C(c2ccccc2C)C(c2c(C)cc(-c3ncccn3)cc2C(C)C)c2ccccc21. The van der Waals surface area contributed by atoms with Crippen LogP contribution in [0.5, 0.6) is 0 Å².